The first-order valence-electron chi connectivity index (χ1n) is 10.3. The molecule has 1 fully saturated rings. The van der Waals surface area contributed by atoms with Crippen LogP contribution in [0.5, 0.6) is 0 Å². The zero-order valence-electron chi connectivity index (χ0n) is 16.9. The highest BCUT2D eigenvalue weighted by atomic mass is 35.5. The summed E-state index contributed by atoms with van der Waals surface area (Å²) in [6.45, 7) is 5.11. The molecule has 0 spiro atoms. The van der Waals surface area contributed by atoms with Gasteiger partial charge in [-0.25, -0.2) is 0 Å². The van der Waals surface area contributed by atoms with Gasteiger partial charge >= 0.3 is 0 Å². The Balaban J connectivity index is 1.28. The molecule has 4 nitrogen and oxygen atoms in total. The van der Waals surface area contributed by atoms with Gasteiger partial charge in [0.05, 0.1) is 6.42 Å². The molecule has 0 unspecified atom stereocenters. The number of nitrogens with zero attached hydrogens (tertiary/aromatic N) is 2. The molecule has 0 radical (unpaired) electrons. The van der Waals surface area contributed by atoms with Crippen molar-refractivity contribution in [1.82, 2.24) is 4.90 Å². The number of anilines is 2. The number of carbonyl (C=O) groups is 1. The predicted octanol–water partition coefficient (Wildman–Crippen LogP) is 4.84. The van der Waals surface area contributed by atoms with Crippen LogP contribution in [0.25, 0.3) is 0 Å². The van der Waals surface area contributed by atoms with E-state index in [9.17, 15) is 4.79 Å². The molecule has 0 aromatic heterocycles. The van der Waals surface area contributed by atoms with Gasteiger partial charge in [-0.15, -0.1) is 0 Å². The maximum atomic E-state index is 12.3. The summed E-state index contributed by atoms with van der Waals surface area (Å²) in [4.78, 5) is 17.2. The van der Waals surface area contributed by atoms with Crippen molar-refractivity contribution >= 4 is 28.9 Å². The van der Waals surface area contributed by atoms with Gasteiger partial charge in [0.1, 0.15) is 0 Å². The van der Waals surface area contributed by atoms with E-state index in [1.54, 1.807) is 6.07 Å². The Kier molecular flexibility index (Phi) is 6.67. The van der Waals surface area contributed by atoms with Crippen LogP contribution >= 0.6 is 11.6 Å². The third-order valence-corrected chi connectivity index (χ3v) is 5.82. The number of rotatable bonds is 6. The predicted molar refractivity (Wildman–Crippen MR) is 124 cm³/mol. The molecule has 1 amide bonds. The van der Waals surface area contributed by atoms with Crippen LogP contribution in [-0.2, 0) is 17.8 Å². The lowest BCUT2D eigenvalue weighted by Crippen LogP contribution is -2.45. The van der Waals surface area contributed by atoms with Gasteiger partial charge in [-0.3, -0.25) is 9.69 Å². The van der Waals surface area contributed by atoms with Crippen molar-refractivity contribution in [3.63, 3.8) is 0 Å². The summed E-state index contributed by atoms with van der Waals surface area (Å²) < 4.78 is 0. The maximum Gasteiger partial charge on any atom is 0.228 e. The Bertz CT molecular complexity index is 967. The van der Waals surface area contributed by atoms with Crippen LogP contribution in [-0.4, -0.2) is 37.0 Å². The maximum absolute atomic E-state index is 12.3. The van der Waals surface area contributed by atoms with Gasteiger partial charge < -0.3 is 10.2 Å². The molecule has 1 aliphatic heterocycles. The Morgan fingerprint density at radius 2 is 1.50 bits per heavy atom. The first-order valence-corrected chi connectivity index (χ1v) is 10.7. The highest BCUT2D eigenvalue weighted by Crippen LogP contribution is 2.21. The van der Waals surface area contributed by atoms with Crippen LogP contribution < -0.4 is 10.2 Å². The molecule has 0 aliphatic carbocycles. The van der Waals surface area contributed by atoms with Gasteiger partial charge in [-0.2, -0.15) is 0 Å². The van der Waals surface area contributed by atoms with Crippen LogP contribution in [0.3, 0.4) is 0 Å². The lowest BCUT2D eigenvalue weighted by Gasteiger charge is -2.36. The Morgan fingerprint density at radius 3 is 2.20 bits per heavy atom. The Hall–Kier alpha value is -2.82. The number of halogens is 1. The second-order valence-electron chi connectivity index (χ2n) is 7.61. The summed E-state index contributed by atoms with van der Waals surface area (Å²) >= 11 is 6.14. The van der Waals surface area contributed by atoms with Crippen molar-refractivity contribution in [2.24, 2.45) is 0 Å². The molecule has 1 N–H and O–H groups in total. The molecule has 1 saturated heterocycles. The van der Waals surface area contributed by atoms with Gasteiger partial charge in [0, 0.05) is 49.1 Å². The van der Waals surface area contributed by atoms with Crippen LogP contribution in [0.2, 0.25) is 5.02 Å². The Labute approximate surface area is 183 Å². The fourth-order valence-electron chi connectivity index (χ4n) is 3.78. The average Bonchev–Trinajstić information content (AvgIpc) is 2.77. The molecule has 30 heavy (non-hydrogen) atoms. The smallest absolute Gasteiger partial charge is 0.228 e. The van der Waals surface area contributed by atoms with Crippen LogP contribution in [0, 0.1) is 0 Å². The molecule has 4 rings (SSSR count). The highest BCUT2D eigenvalue weighted by molar-refractivity contribution is 6.31. The van der Waals surface area contributed by atoms with Gasteiger partial charge in [0.15, 0.2) is 0 Å². The molecular weight excluding hydrogens is 394 g/mol. The molecule has 154 valence electrons. The number of piperazine rings is 1. The van der Waals surface area contributed by atoms with Crippen molar-refractivity contribution in [2.45, 2.75) is 13.0 Å². The fraction of sp³-hybridized carbons (Fsp3) is 0.240. The van der Waals surface area contributed by atoms with E-state index in [0.29, 0.717) is 5.02 Å². The third kappa shape index (κ3) is 5.41. The van der Waals surface area contributed by atoms with Gasteiger partial charge in [-0.05, 0) is 41.5 Å². The Morgan fingerprint density at radius 1 is 0.833 bits per heavy atom. The average molecular weight is 420 g/mol. The molecule has 0 saturated carbocycles. The van der Waals surface area contributed by atoms with Gasteiger partial charge in [-0.1, -0.05) is 60.1 Å². The van der Waals surface area contributed by atoms with Crippen LogP contribution in [0.15, 0.2) is 78.9 Å². The van der Waals surface area contributed by atoms with Crippen molar-refractivity contribution in [3.8, 4) is 0 Å². The van der Waals surface area contributed by atoms with E-state index in [2.05, 4.69) is 57.6 Å². The first-order chi connectivity index (χ1) is 14.7. The number of hydrogen-bond donors (Lipinski definition) is 1. The van der Waals surface area contributed by atoms with E-state index in [1.165, 1.54) is 11.3 Å². The minimum absolute atomic E-state index is 0.0645. The number of hydrogen-bond acceptors (Lipinski definition) is 3. The molecular formula is C25H26ClN3O. The van der Waals surface area contributed by atoms with Gasteiger partial charge in [0.25, 0.3) is 0 Å². The lowest BCUT2D eigenvalue weighted by atomic mass is 10.1. The van der Waals surface area contributed by atoms with E-state index in [-0.39, 0.29) is 12.3 Å². The summed E-state index contributed by atoms with van der Waals surface area (Å²) in [6, 6.07) is 26.2. The topological polar surface area (TPSA) is 35.6 Å². The number of benzene rings is 3. The zero-order valence-corrected chi connectivity index (χ0v) is 17.7. The van der Waals surface area contributed by atoms with E-state index in [1.807, 2.05) is 30.3 Å². The summed E-state index contributed by atoms with van der Waals surface area (Å²) in [6.07, 6.45) is 0.269. The zero-order chi connectivity index (χ0) is 20.8. The molecule has 3 aromatic rings. The monoisotopic (exact) mass is 419 g/mol. The number of nitrogens with one attached hydrogen (secondary N) is 1. The second-order valence-corrected chi connectivity index (χ2v) is 8.02. The molecule has 0 bridgehead atoms. The SMILES string of the molecule is O=C(Cc1ccccc1Cl)Nc1ccc(N2CCN(Cc3ccccc3)CC2)cc1. The fourth-order valence-corrected chi connectivity index (χ4v) is 3.98. The van der Waals surface area contributed by atoms with E-state index in [4.69, 9.17) is 11.6 Å². The highest BCUT2D eigenvalue weighted by Gasteiger charge is 2.17. The largest absolute Gasteiger partial charge is 0.369 e. The van der Waals surface area contributed by atoms with E-state index >= 15 is 0 Å². The van der Waals surface area contributed by atoms with Crippen molar-refractivity contribution in [1.29, 1.82) is 0 Å². The van der Waals surface area contributed by atoms with Crippen molar-refractivity contribution in [3.05, 3.63) is 95.0 Å². The molecule has 1 aliphatic rings. The molecule has 1 heterocycles. The van der Waals surface area contributed by atoms with Crippen LogP contribution in [0.4, 0.5) is 11.4 Å². The summed E-state index contributed by atoms with van der Waals surface area (Å²) in [5.74, 6) is -0.0645. The normalized spacial score (nSPS) is 14.5. The van der Waals surface area contributed by atoms with Crippen molar-refractivity contribution < 1.29 is 4.79 Å². The lowest BCUT2D eigenvalue weighted by molar-refractivity contribution is -0.115. The van der Waals surface area contributed by atoms with E-state index in [0.717, 1.165) is 44.0 Å². The molecule has 5 heteroatoms. The number of carbonyl (C=O) groups excluding carboxylic acids is 1. The first kappa shape index (κ1) is 20.5. The molecule has 0 atom stereocenters. The third-order valence-electron chi connectivity index (χ3n) is 5.45. The van der Waals surface area contributed by atoms with Crippen molar-refractivity contribution in [2.75, 3.05) is 36.4 Å². The van der Waals surface area contributed by atoms with E-state index < -0.39 is 0 Å². The summed E-state index contributed by atoms with van der Waals surface area (Å²) in [7, 11) is 0. The minimum Gasteiger partial charge on any atom is -0.369 e. The standard InChI is InChI=1S/C25H26ClN3O/c26-24-9-5-4-8-21(24)18-25(30)27-22-10-12-23(13-11-22)29-16-14-28(15-17-29)19-20-6-2-1-3-7-20/h1-13H,14-19H2,(H,27,30). The molecule has 3 aromatic carbocycles. The summed E-state index contributed by atoms with van der Waals surface area (Å²) in [5, 5.41) is 3.58. The van der Waals surface area contributed by atoms with Crippen LogP contribution in [0.1, 0.15) is 11.1 Å². The quantitative estimate of drug-likeness (QED) is 0.620. The number of amides is 1. The minimum atomic E-state index is -0.0645. The van der Waals surface area contributed by atoms with Gasteiger partial charge in [0.2, 0.25) is 5.91 Å². The summed E-state index contributed by atoms with van der Waals surface area (Å²) in [5.41, 5.74) is 4.20. The second kappa shape index (κ2) is 9.79.